The zero-order chi connectivity index (χ0) is 12.5. The van der Waals surface area contributed by atoms with E-state index in [0.717, 1.165) is 19.5 Å². The fourth-order valence-corrected chi connectivity index (χ4v) is 1.58. The number of nitrogens with one attached hydrogen (secondary N) is 1. The van der Waals surface area contributed by atoms with E-state index in [2.05, 4.69) is 55.6 Å². The largest absolute Gasteiger partial charge is 0.396 e. The SMILES string of the molecule is CC(C)c1ccc(/C=C/CNCCCO)cc1. The van der Waals surface area contributed by atoms with Gasteiger partial charge in [-0.2, -0.15) is 0 Å². The van der Waals surface area contributed by atoms with Crippen molar-refractivity contribution in [3.8, 4) is 0 Å². The average molecular weight is 233 g/mol. The highest BCUT2D eigenvalue weighted by molar-refractivity contribution is 5.50. The van der Waals surface area contributed by atoms with Crippen molar-refractivity contribution in [1.82, 2.24) is 5.32 Å². The molecule has 0 saturated carbocycles. The molecule has 0 spiro atoms. The third kappa shape index (κ3) is 5.66. The van der Waals surface area contributed by atoms with E-state index < -0.39 is 0 Å². The quantitative estimate of drug-likeness (QED) is 0.710. The second-order valence-electron chi connectivity index (χ2n) is 4.51. The Bertz CT molecular complexity index is 327. The highest BCUT2D eigenvalue weighted by Gasteiger charge is 1.96. The number of aliphatic hydroxyl groups excluding tert-OH is 1. The molecule has 0 aliphatic carbocycles. The Morgan fingerprint density at radius 3 is 2.53 bits per heavy atom. The normalized spacial score (nSPS) is 11.5. The van der Waals surface area contributed by atoms with Crippen LogP contribution < -0.4 is 5.32 Å². The molecule has 0 aromatic heterocycles. The van der Waals surface area contributed by atoms with Crippen molar-refractivity contribution in [1.29, 1.82) is 0 Å². The lowest BCUT2D eigenvalue weighted by molar-refractivity contribution is 0.287. The molecule has 94 valence electrons. The second kappa shape index (κ2) is 8.04. The van der Waals surface area contributed by atoms with E-state index in [1.165, 1.54) is 11.1 Å². The Labute approximate surface area is 104 Å². The minimum Gasteiger partial charge on any atom is -0.396 e. The highest BCUT2D eigenvalue weighted by atomic mass is 16.3. The van der Waals surface area contributed by atoms with E-state index in [-0.39, 0.29) is 6.61 Å². The monoisotopic (exact) mass is 233 g/mol. The van der Waals surface area contributed by atoms with Gasteiger partial charge in [0, 0.05) is 13.2 Å². The third-order valence-corrected chi connectivity index (χ3v) is 2.69. The van der Waals surface area contributed by atoms with Crippen molar-refractivity contribution in [3.05, 3.63) is 41.5 Å². The molecule has 0 saturated heterocycles. The molecule has 0 heterocycles. The van der Waals surface area contributed by atoms with Gasteiger partial charge in [-0.25, -0.2) is 0 Å². The summed E-state index contributed by atoms with van der Waals surface area (Å²) in [5.74, 6) is 0.591. The fraction of sp³-hybridized carbons (Fsp3) is 0.467. The Hall–Kier alpha value is -1.12. The molecule has 0 aliphatic rings. The summed E-state index contributed by atoms with van der Waals surface area (Å²) in [5, 5.41) is 11.9. The van der Waals surface area contributed by atoms with E-state index in [0.29, 0.717) is 5.92 Å². The summed E-state index contributed by atoms with van der Waals surface area (Å²) in [6, 6.07) is 8.67. The Morgan fingerprint density at radius 1 is 1.24 bits per heavy atom. The molecule has 0 fully saturated rings. The number of hydrogen-bond acceptors (Lipinski definition) is 2. The van der Waals surface area contributed by atoms with Crippen LogP contribution in [0.3, 0.4) is 0 Å². The first kappa shape index (κ1) is 13.9. The van der Waals surface area contributed by atoms with Gasteiger partial charge in [0.1, 0.15) is 0 Å². The lowest BCUT2D eigenvalue weighted by Crippen LogP contribution is -2.15. The maximum Gasteiger partial charge on any atom is 0.0443 e. The Morgan fingerprint density at radius 2 is 1.94 bits per heavy atom. The van der Waals surface area contributed by atoms with E-state index in [1.54, 1.807) is 0 Å². The molecular weight excluding hydrogens is 210 g/mol. The molecule has 0 atom stereocenters. The van der Waals surface area contributed by atoms with Crippen LogP contribution in [-0.2, 0) is 0 Å². The molecule has 2 N–H and O–H groups in total. The van der Waals surface area contributed by atoms with E-state index in [9.17, 15) is 0 Å². The zero-order valence-corrected chi connectivity index (χ0v) is 10.8. The number of rotatable bonds is 7. The van der Waals surface area contributed by atoms with Crippen LogP contribution in [0, 0.1) is 0 Å². The molecule has 1 aromatic carbocycles. The van der Waals surface area contributed by atoms with Crippen LogP contribution in [0.5, 0.6) is 0 Å². The molecule has 0 aliphatic heterocycles. The number of benzene rings is 1. The minimum absolute atomic E-state index is 0.257. The summed E-state index contributed by atoms with van der Waals surface area (Å²) in [6.07, 6.45) is 5.05. The van der Waals surface area contributed by atoms with Crippen LogP contribution in [-0.4, -0.2) is 24.8 Å². The molecule has 0 unspecified atom stereocenters. The second-order valence-corrected chi connectivity index (χ2v) is 4.51. The topological polar surface area (TPSA) is 32.3 Å². The summed E-state index contributed by atoms with van der Waals surface area (Å²) in [5.41, 5.74) is 2.61. The Kier molecular flexibility index (Phi) is 6.60. The van der Waals surface area contributed by atoms with Gasteiger partial charge in [0.05, 0.1) is 0 Å². The van der Waals surface area contributed by atoms with Crippen LogP contribution in [0.4, 0.5) is 0 Å². The van der Waals surface area contributed by atoms with Crippen LogP contribution in [0.2, 0.25) is 0 Å². The predicted octanol–water partition coefficient (Wildman–Crippen LogP) is 2.80. The molecule has 0 bridgehead atoms. The molecule has 0 radical (unpaired) electrons. The number of hydrogen-bond donors (Lipinski definition) is 2. The first-order chi connectivity index (χ1) is 8.24. The van der Waals surface area contributed by atoms with Gasteiger partial charge in [0.15, 0.2) is 0 Å². The van der Waals surface area contributed by atoms with Gasteiger partial charge in [0.2, 0.25) is 0 Å². The predicted molar refractivity (Wildman–Crippen MR) is 74.1 cm³/mol. The van der Waals surface area contributed by atoms with Crippen molar-refractivity contribution in [2.24, 2.45) is 0 Å². The zero-order valence-electron chi connectivity index (χ0n) is 10.8. The molecule has 1 rings (SSSR count). The van der Waals surface area contributed by atoms with Crippen LogP contribution >= 0.6 is 0 Å². The van der Waals surface area contributed by atoms with Gasteiger partial charge in [0.25, 0.3) is 0 Å². The molecular formula is C15H23NO. The summed E-state index contributed by atoms with van der Waals surface area (Å²) >= 11 is 0. The molecule has 2 nitrogen and oxygen atoms in total. The van der Waals surface area contributed by atoms with Gasteiger partial charge >= 0.3 is 0 Å². The standard InChI is InChI=1S/C15H23NO/c1-13(2)15-8-6-14(7-9-15)5-3-10-16-11-4-12-17/h3,5-9,13,16-17H,4,10-12H2,1-2H3/b5-3+. The van der Waals surface area contributed by atoms with Crippen molar-refractivity contribution in [2.75, 3.05) is 19.7 Å². The maximum atomic E-state index is 8.61. The fourth-order valence-electron chi connectivity index (χ4n) is 1.58. The molecule has 17 heavy (non-hydrogen) atoms. The van der Waals surface area contributed by atoms with Crippen molar-refractivity contribution in [2.45, 2.75) is 26.2 Å². The molecule has 1 aromatic rings. The van der Waals surface area contributed by atoms with Crippen molar-refractivity contribution in [3.63, 3.8) is 0 Å². The average Bonchev–Trinajstić information content (AvgIpc) is 2.34. The van der Waals surface area contributed by atoms with E-state index >= 15 is 0 Å². The summed E-state index contributed by atoms with van der Waals surface area (Å²) < 4.78 is 0. The number of aliphatic hydroxyl groups is 1. The van der Waals surface area contributed by atoms with E-state index in [1.807, 2.05) is 0 Å². The molecule has 2 heteroatoms. The van der Waals surface area contributed by atoms with E-state index in [4.69, 9.17) is 5.11 Å². The minimum atomic E-state index is 0.257. The highest BCUT2D eigenvalue weighted by Crippen LogP contribution is 2.15. The van der Waals surface area contributed by atoms with Gasteiger partial charge in [-0.05, 0) is 30.0 Å². The summed E-state index contributed by atoms with van der Waals surface area (Å²) in [7, 11) is 0. The first-order valence-electron chi connectivity index (χ1n) is 6.32. The first-order valence-corrected chi connectivity index (χ1v) is 6.32. The van der Waals surface area contributed by atoms with Gasteiger partial charge in [-0.1, -0.05) is 50.3 Å². The van der Waals surface area contributed by atoms with Gasteiger partial charge < -0.3 is 10.4 Å². The summed E-state index contributed by atoms with van der Waals surface area (Å²) in [6.45, 7) is 6.39. The van der Waals surface area contributed by atoms with Crippen LogP contribution in [0.1, 0.15) is 37.3 Å². The summed E-state index contributed by atoms with van der Waals surface area (Å²) in [4.78, 5) is 0. The lowest BCUT2D eigenvalue weighted by atomic mass is 10.0. The molecule has 0 amide bonds. The smallest absolute Gasteiger partial charge is 0.0443 e. The van der Waals surface area contributed by atoms with Crippen LogP contribution in [0.15, 0.2) is 30.3 Å². The van der Waals surface area contributed by atoms with Gasteiger partial charge in [-0.15, -0.1) is 0 Å². The van der Waals surface area contributed by atoms with Gasteiger partial charge in [-0.3, -0.25) is 0 Å². The van der Waals surface area contributed by atoms with Crippen LogP contribution in [0.25, 0.3) is 6.08 Å². The van der Waals surface area contributed by atoms with Crippen molar-refractivity contribution >= 4 is 6.08 Å². The third-order valence-electron chi connectivity index (χ3n) is 2.69. The Balaban J connectivity index is 2.33. The lowest BCUT2D eigenvalue weighted by Gasteiger charge is -2.04. The maximum absolute atomic E-state index is 8.61. The van der Waals surface area contributed by atoms with Crippen molar-refractivity contribution < 1.29 is 5.11 Å².